The molecule has 0 bridgehead atoms. The molecule has 2 heterocycles. The highest BCUT2D eigenvalue weighted by atomic mass is 32.1. The lowest BCUT2D eigenvalue weighted by atomic mass is 10.0. The van der Waals surface area contributed by atoms with Gasteiger partial charge in [0, 0.05) is 38.3 Å². The Morgan fingerprint density at radius 1 is 1.38 bits per heavy atom. The summed E-state index contributed by atoms with van der Waals surface area (Å²) in [6.45, 7) is 11.0. The Balaban J connectivity index is 1.92. The highest BCUT2D eigenvalue weighted by Gasteiger charge is 2.29. The van der Waals surface area contributed by atoms with Crippen molar-refractivity contribution < 1.29 is 4.79 Å². The maximum Gasteiger partial charge on any atom is 0.263 e. The molecule has 1 aliphatic heterocycles. The number of likely N-dealkylation sites (N-methyl/N-ethyl adjacent to an activating group) is 1. The lowest BCUT2D eigenvalue weighted by Crippen LogP contribution is -2.57. The lowest BCUT2D eigenvalue weighted by molar-refractivity contribution is 0.0588. The number of piperazine rings is 1. The van der Waals surface area contributed by atoms with Gasteiger partial charge >= 0.3 is 0 Å². The van der Waals surface area contributed by atoms with Gasteiger partial charge in [-0.15, -0.1) is 0 Å². The molecular weight excluding hydrogens is 286 g/mol. The van der Waals surface area contributed by atoms with Crippen LogP contribution in [0.25, 0.3) is 0 Å². The van der Waals surface area contributed by atoms with Crippen molar-refractivity contribution in [2.24, 2.45) is 0 Å². The fraction of sp³-hybridized carbons (Fsp3) is 0.714. The van der Waals surface area contributed by atoms with Gasteiger partial charge in [0.1, 0.15) is 4.88 Å². The summed E-state index contributed by atoms with van der Waals surface area (Å²) in [5, 5.41) is 3.46. The average molecular weight is 311 g/mol. The number of carbonyl (C=O) groups is 1. The van der Waals surface area contributed by atoms with Crippen LogP contribution in [0, 0.1) is 6.92 Å². The standard InChI is InChI=1S/C14H25N5OS/c1-10-11(21-13(15)17-10)12(20)16-9-14(2,3)19-7-5-18(4)6-8-19/h5-9H2,1-4H3,(H2,15,17)(H,16,20). The summed E-state index contributed by atoms with van der Waals surface area (Å²) in [5.41, 5.74) is 6.29. The quantitative estimate of drug-likeness (QED) is 0.860. The Hall–Kier alpha value is -1.18. The third-order valence-electron chi connectivity index (χ3n) is 4.06. The maximum absolute atomic E-state index is 12.2. The highest BCUT2D eigenvalue weighted by Crippen LogP contribution is 2.20. The SMILES string of the molecule is Cc1nc(N)sc1C(=O)NCC(C)(C)N1CCN(C)CC1. The van der Waals surface area contributed by atoms with Gasteiger partial charge in [-0.2, -0.15) is 0 Å². The van der Waals surface area contributed by atoms with Crippen molar-refractivity contribution in [3.05, 3.63) is 10.6 Å². The van der Waals surface area contributed by atoms with E-state index in [0.29, 0.717) is 22.2 Å². The lowest BCUT2D eigenvalue weighted by Gasteiger charge is -2.43. The van der Waals surface area contributed by atoms with E-state index in [0.717, 1.165) is 26.2 Å². The zero-order chi connectivity index (χ0) is 15.6. The van der Waals surface area contributed by atoms with Gasteiger partial charge in [-0.25, -0.2) is 4.98 Å². The van der Waals surface area contributed by atoms with Crippen LogP contribution in [0.1, 0.15) is 29.2 Å². The number of anilines is 1. The Labute approximate surface area is 130 Å². The zero-order valence-corrected chi connectivity index (χ0v) is 14.1. The first-order valence-electron chi connectivity index (χ1n) is 7.24. The van der Waals surface area contributed by atoms with E-state index < -0.39 is 0 Å². The minimum Gasteiger partial charge on any atom is -0.375 e. The van der Waals surface area contributed by atoms with Gasteiger partial charge in [0.05, 0.1) is 5.69 Å². The Bertz CT molecular complexity index is 505. The molecule has 0 aliphatic carbocycles. The maximum atomic E-state index is 12.2. The molecular formula is C14H25N5OS. The van der Waals surface area contributed by atoms with Crippen LogP contribution in [0.4, 0.5) is 5.13 Å². The van der Waals surface area contributed by atoms with Crippen LogP contribution in [0.5, 0.6) is 0 Å². The molecule has 0 aromatic carbocycles. The van der Waals surface area contributed by atoms with Gasteiger partial charge in [-0.05, 0) is 27.8 Å². The summed E-state index contributed by atoms with van der Waals surface area (Å²) in [6, 6.07) is 0. The molecule has 6 nitrogen and oxygen atoms in total. The fourth-order valence-corrected chi connectivity index (χ4v) is 3.28. The number of hydrogen-bond acceptors (Lipinski definition) is 6. The van der Waals surface area contributed by atoms with Crippen molar-refractivity contribution in [2.45, 2.75) is 26.3 Å². The molecule has 1 fully saturated rings. The molecule has 0 saturated carbocycles. The van der Waals surface area contributed by atoms with Gasteiger partial charge in [0.25, 0.3) is 5.91 Å². The number of amides is 1. The number of hydrogen-bond donors (Lipinski definition) is 2. The highest BCUT2D eigenvalue weighted by molar-refractivity contribution is 7.17. The van der Waals surface area contributed by atoms with Crippen LogP contribution in [0.3, 0.4) is 0 Å². The van der Waals surface area contributed by atoms with E-state index in [1.165, 1.54) is 11.3 Å². The van der Waals surface area contributed by atoms with Gasteiger partial charge < -0.3 is 16.0 Å². The molecule has 1 aromatic rings. The first-order chi connectivity index (χ1) is 9.79. The molecule has 1 amide bonds. The van der Waals surface area contributed by atoms with Crippen LogP contribution in [0.15, 0.2) is 0 Å². The molecule has 0 atom stereocenters. The molecule has 1 aliphatic rings. The minimum atomic E-state index is -0.0797. The van der Waals surface area contributed by atoms with E-state index in [1.54, 1.807) is 0 Å². The molecule has 0 spiro atoms. The topological polar surface area (TPSA) is 74.5 Å². The summed E-state index contributed by atoms with van der Waals surface area (Å²) >= 11 is 1.24. The number of carbonyl (C=O) groups excluding carboxylic acids is 1. The zero-order valence-electron chi connectivity index (χ0n) is 13.3. The normalized spacial score (nSPS) is 17.9. The second-order valence-corrected chi connectivity index (χ2v) is 7.28. The number of aryl methyl sites for hydroxylation is 1. The van der Waals surface area contributed by atoms with Crippen LogP contribution < -0.4 is 11.1 Å². The van der Waals surface area contributed by atoms with E-state index in [-0.39, 0.29) is 11.4 Å². The fourth-order valence-electron chi connectivity index (χ4n) is 2.53. The van der Waals surface area contributed by atoms with Crippen LogP contribution in [-0.2, 0) is 0 Å². The monoisotopic (exact) mass is 311 g/mol. The van der Waals surface area contributed by atoms with E-state index in [9.17, 15) is 4.79 Å². The van der Waals surface area contributed by atoms with Crippen molar-refractivity contribution in [2.75, 3.05) is 45.5 Å². The third kappa shape index (κ3) is 3.93. The van der Waals surface area contributed by atoms with Crippen molar-refractivity contribution >= 4 is 22.4 Å². The predicted molar refractivity (Wildman–Crippen MR) is 86.7 cm³/mol. The van der Waals surface area contributed by atoms with Crippen molar-refractivity contribution in [3.8, 4) is 0 Å². The van der Waals surface area contributed by atoms with Gasteiger partial charge in [0.2, 0.25) is 0 Å². The van der Waals surface area contributed by atoms with Crippen molar-refractivity contribution in [1.29, 1.82) is 0 Å². The van der Waals surface area contributed by atoms with E-state index in [4.69, 9.17) is 5.73 Å². The van der Waals surface area contributed by atoms with E-state index >= 15 is 0 Å². The van der Waals surface area contributed by atoms with E-state index in [1.807, 2.05) is 6.92 Å². The molecule has 1 aromatic heterocycles. The van der Waals surface area contributed by atoms with Crippen molar-refractivity contribution in [3.63, 3.8) is 0 Å². The predicted octanol–water partition coefficient (Wildman–Crippen LogP) is 0.790. The van der Waals surface area contributed by atoms with Gasteiger partial charge in [-0.1, -0.05) is 11.3 Å². The summed E-state index contributed by atoms with van der Waals surface area (Å²) in [5.74, 6) is -0.0797. The second-order valence-electron chi connectivity index (χ2n) is 6.25. The summed E-state index contributed by atoms with van der Waals surface area (Å²) in [6.07, 6.45) is 0. The minimum absolute atomic E-state index is 0.0545. The number of aromatic nitrogens is 1. The molecule has 3 N–H and O–H groups in total. The molecule has 1 saturated heterocycles. The molecule has 7 heteroatoms. The second kappa shape index (κ2) is 6.29. The van der Waals surface area contributed by atoms with Crippen LogP contribution in [-0.4, -0.2) is 66.0 Å². The van der Waals surface area contributed by atoms with Gasteiger partial charge in [0.15, 0.2) is 5.13 Å². The molecule has 118 valence electrons. The number of nitrogens with two attached hydrogens (primary N) is 1. The first-order valence-corrected chi connectivity index (χ1v) is 8.06. The Kier molecular flexibility index (Phi) is 4.85. The summed E-state index contributed by atoms with van der Waals surface area (Å²) in [4.78, 5) is 21.7. The number of rotatable bonds is 4. The molecule has 0 unspecified atom stereocenters. The Morgan fingerprint density at radius 2 is 2.00 bits per heavy atom. The Morgan fingerprint density at radius 3 is 2.52 bits per heavy atom. The van der Waals surface area contributed by atoms with Crippen molar-refractivity contribution in [1.82, 2.24) is 20.1 Å². The number of nitrogens with zero attached hydrogens (tertiary/aromatic N) is 3. The third-order valence-corrected chi connectivity index (χ3v) is 5.05. The average Bonchev–Trinajstić information content (AvgIpc) is 2.76. The van der Waals surface area contributed by atoms with Crippen LogP contribution >= 0.6 is 11.3 Å². The van der Waals surface area contributed by atoms with E-state index in [2.05, 4.69) is 41.0 Å². The molecule has 21 heavy (non-hydrogen) atoms. The molecule has 0 radical (unpaired) electrons. The number of thiazole rings is 1. The first kappa shape index (κ1) is 16.2. The van der Waals surface area contributed by atoms with Gasteiger partial charge in [-0.3, -0.25) is 9.69 Å². The molecule has 2 rings (SSSR count). The smallest absolute Gasteiger partial charge is 0.263 e. The number of nitrogens with one attached hydrogen (secondary N) is 1. The summed E-state index contributed by atoms with van der Waals surface area (Å²) in [7, 11) is 2.14. The summed E-state index contributed by atoms with van der Waals surface area (Å²) < 4.78 is 0. The van der Waals surface area contributed by atoms with Crippen LogP contribution in [0.2, 0.25) is 0 Å². The largest absolute Gasteiger partial charge is 0.375 e. The number of nitrogen functional groups attached to an aromatic ring is 1.